The van der Waals surface area contributed by atoms with E-state index < -0.39 is 0 Å². The van der Waals surface area contributed by atoms with Crippen LogP contribution in [0.5, 0.6) is 5.75 Å². The van der Waals surface area contributed by atoms with Crippen molar-refractivity contribution in [3.63, 3.8) is 0 Å². The standard InChI is InChI=1S/C19H20N2O2/c1-4-23-19-8-5-15(9-13(19)2)12-21-18-10-16(14(3)22)6-7-17(18)11-20/h5-10,21H,4,12H2,1-3H3. The molecule has 0 radical (unpaired) electrons. The van der Waals surface area contributed by atoms with Gasteiger partial charge in [-0.2, -0.15) is 5.26 Å². The molecule has 2 aromatic rings. The Morgan fingerprint density at radius 2 is 2.04 bits per heavy atom. The molecule has 2 rings (SSSR count). The Bertz CT molecular complexity index is 760. The summed E-state index contributed by atoms with van der Waals surface area (Å²) in [4.78, 5) is 11.5. The lowest BCUT2D eigenvalue weighted by Crippen LogP contribution is -2.04. The Morgan fingerprint density at radius 1 is 1.26 bits per heavy atom. The SMILES string of the molecule is CCOc1ccc(CNc2cc(C(C)=O)ccc2C#N)cc1C. The largest absolute Gasteiger partial charge is 0.494 e. The quantitative estimate of drug-likeness (QED) is 0.817. The average molecular weight is 308 g/mol. The molecule has 0 heterocycles. The molecule has 118 valence electrons. The monoisotopic (exact) mass is 308 g/mol. The number of nitrogens with zero attached hydrogens (tertiary/aromatic N) is 1. The number of aryl methyl sites for hydroxylation is 1. The van der Waals surface area contributed by atoms with Crippen LogP contribution in [-0.2, 0) is 6.54 Å². The van der Waals surface area contributed by atoms with Gasteiger partial charge in [-0.25, -0.2) is 0 Å². The van der Waals surface area contributed by atoms with E-state index in [2.05, 4.69) is 17.5 Å². The minimum absolute atomic E-state index is 0.0190. The van der Waals surface area contributed by atoms with Crippen LogP contribution >= 0.6 is 0 Å². The Hall–Kier alpha value is -2.80. The first-order valence-electron chi connectivity index (χ1n) is 7.56. The van der Waals surface area contributed by atoms with Gasteiger partial charge < -0.3 is 10.1 Å². The first kappa shape index (κ1) is 16.6. The molecule has 0 amide bonds. The van der Waals surface area contributed by atoms with Crippen LogP contribution in [0.2, 0.25) is 0 Å². The molecule has 0 bridgehead atoms. The van der Waals surface area contributed by atoms with E-state index in [1.165, 1.54) is 6.92 Å². The van der Waals surface area contributed by atoms with Crippen LogP contribution in [0.3, 0.4) is 0 Å². The van der Waals surface area contributed by atoms with Gasteiger partial charge in [0.1, 0.15) is 11.8 Å². The third kappa shape index (κ3) is 4.10. The predicted octanol–water partition coefficient (Wildman–Crippen LogP) is 4.08. The Morgan fingerprint density at radius 3 is 2.65 bits per heavy atom. The van der Waals surface area contributed by atoms with Gasteiger partial charge in [0, 0.05) is 12.1 Å². The van der Waals surface area contributed by atoms with Crippen molar-refractivity contribution in [1.82, 2.24) is 0 Å². The Labute approximate surface area is 136 Å². The number of ketones is 1. The highest BCUT2D eigenvalue weighted by Gasteiger charge is 2.07. The van der Waals surface area contributed by atoms with Crippen molar-refractivity contribution in [3.8, 4) is 11.8 Å². The van der Waals surface area contributed by atoms with E-state index in [0.29, 0.717) is 30.0 Å². The fourth-order valence-electron chi connectivity index (χ4n) is 2.34. The van der Waals surface area contributed by atoms with E-state index in [0.717, 1.165) is 16.9 Å². The number of hydrogen-bond acceptors (Lipinski definition) is 4. The molecular formula is C19H20N2O2. The highest BCUT2D eigenvalue weighted by Crippen LogP contribution is 2.22. The zero-order valence-corrected chi connectivity index (χ0v) is 13.6. The molecular weight excluding hydrogens is 288 g/mol. The van der Waals surface area contributed by atoms with E-state index >= 15 is 0 Å². The summed E-state index contributed by atoms with van der Waals surface area (Å²) in [5.41, 5.74) is 3.95. The van der Waals surface area contributed by atoms with E-state index in [4.69, 9.17) is 4.74 Å². The molecule has 0 aliphatic heterocycles. The summed E-state index contributed by atoms with van der Waals surface area (Å²) in [6.45, 7) is 6.69. The molecule has 0 aliphatic rings. The highest BCUT2D eigenvalue weighted by atomic mass is 16.5. The molecule has 2 aromatic carbocycles. The Balaban J connectivity index is 2.17. The van der Waals surface area contributed by atoms with Gasteiger partial charge >= 0.3 is 0 Å². The molecule has 0 atom stereocenters. The summed E-state index contributed by atoms with van der Waals surface area (Å²) in [7, 11) is 0. The second kappa shape index (κ2) is 7.46. The fraction of sp³-hybridized carbons (Fsp3) is 0.263. The number of anilines is 1. The zero-order chi connectivity index (χ0) is 16.8. The van der Waals surface area contributed by atoms with Crippen molar-refractivity contribution in [2.24, 2.45) is 0 Å². The van der Waals surface area contributed by atoms with Gasteiger partial charge in [0.2, 0.25) is 0 Å². The third-order valence-electron chi connectivity index (χ3n) is 3.57. The van der Waals surface area contributed by atoms with Crippen LogP contribution in [0.25, 0.3) is 0 Å². The fourth-order valence-corrected chi connectivity index (χ4v) is 2.34. The lowest BCUT2D eigenvalue weighted by atomic mass is 10.1. The Kier molecular flexibility index (Phi) is 5.37. The van der Waals surface area contributed by atoms with Crippen molar-refractivity contribution < 1.29 is 9.53 Å². The maximum Gasteiger partial charge on any atom is 0.159 e. The van der Waals surface area contributed by atoms with Crippen molar-refractivity contribution in [2.75, 3.05) is 11.9 Å². The molecule has 4 nitrogen and oxygen atoms in total. The number of rotatable bonds is 6. The molecule has 0 aromatic heterocycles. The number of ether oxygens (including phenoxy) is 1. The zero-order valence-electron chi connectivity index (χ0n) is 13.6. The van der Waals surface area contributed by atoms with E-state index in [9.17, 15) is 10.1 Å². The number of hydrogen-bond donors (Lipinski definition) is 1. The molecule has 0 aliphatic carbocycles. The summed E-state index contributed by atoms with van der Waals surface area (Å²) < 4.78 is 5.53. The number of nitrogens with one attached hydrogen (secondary N) is 1. The number of Topliss-reactive ketones (excluding diaryl/α,β-unsaturated/α-hetero) is 1. The first-order valence-corrected chi connectivity index (χ1v) is 7.56. The van der Waals surface area contributed by atoms with Crippen LogP contribution in [0.4, 0.5) is 5.69 Å². The van der Waals surface area contributed by atoms with Gasteiger partial charge in [-0.1, -0.05) is 12.1 Å². The van der Waals surface area contributed by atoms with Crippen molar-refractivity contribution >= 4 is 11.5 Å². The number of nitriles is 1. The molecule has 0 unspecified atom stereocenters. The number of carbonyl (C=O) groups excluding carboxylic acids is 1. The predicted molar refractivity (Wildman–Crippen MR) is 90.8 cm³/mol. The normalized spacial score (nSPS) is 10.0. The highest BCUT2D eigenvalue weighted by molar-refractivity contribution is 5.95. The smallest absolute Gasteiger partial charge is 0.159 e. The minimum atomic E-state index is -0.0190. The van der Waals surface area contributed by atoms with Gasteiger partial charge in [-0.05, 0) is 56.2 Å². The molecule has 4 heteroatoms. The van der Waals surface area contributed by atoms with Gasteiger partial charge in [0.15, 0.2) is 5.78 Å². The third-order valence-corrected chi connectivity index (χ3v) is 3.57. The van der Waals surface area contributed by atoms with E-state index in [1.54, 1.807) is 18.2 Å². The lowest BCUT2D eigenvalue weighted by molar-refractivity contribution is 0.101. The summed E-state index contributed by atoms with van der Waals surface area (Å²) in [5.74, 6) is 0.863. The van der Waals surface area contributed by atoms with Gasteiger partial charge in [0.05, 0.1) is 17.9 Å². The molecule has 1 N–H and O–H groups in total. The maximum absolute atomic E-state index is 11.5. The first-order chi connectivity index (χ1) is 11.0. The van der Waals surface area contributed by atoms with Crippen LogP contribution in [0.1, 0.15) is 40.9 Å². The molecule has 0 saturated carbocycles. The number of benzene rings is 2. The molecule has 0 spiro atoms. The van der Waals surface area contributed by atoms with Crippen LogP contribution in [0, 0.1) is 18.3 Å². The number of carbonyl (C=O) groups is 1. The summed E-state index contributed by atoms with van der Waals surface area (Å²) >= 11 is 0. The van der Waals surface area contributed by atoms with Crippen LogP contribution in [-0.4, -0.2) is 12.4 Å². The van der Waals surface area contributed by atoms with E-state index in [1.807, 2.05) is 26.0 Å². The van der Waals surface area contributed by atoms with Crippen molar-refractivity contribution in [1.29, 1.82) is 5.26 Å². The molecule has 0 fully saturated rings. The topological polar surface area (TPSA) is 62.1 Å². The van der Waals surface area contributed by atoms with Crippen molar-refractivity contribution in [3.05, 3.63) is 58.7 Å². The van der Waals surface area contributed by atoms with Crippen LogP contribution in [0.15, 0.2) is 36.4 Å². The lowest BCUT2D eigenvalue weighted by Gasteiger charge is -2.12. The summed E-state index contributed by atoms with van der Waals surface area (Å²) in [6, 6.07) is 13.2. The average Bonchev–Trinajstić information content (AvgIpc) is 2.55. The summed E-state index contributed by atoms with van der Waals surface area (Å²) in [6.07, 6.45) is 0. The second-order valence-corrected chi connectivity index (χ2v) is 5.31. The second-order valence-electron chi connectivity index (χ2n) is 5.31. The summed E-state index contributed by atoms with van der Waals surface area (Å²) in [5, 5.41) is 12.4. The van der Waals surface area contributed by atoms with Gasteiger partial charge in [0.25, 0.3) is 0 Å². The molecule has 0 saturated heterocycles. The van der Waals surface area contributed by atoms with Crippen LogP contribution < -0.4 is 10.1 Å². The van der Waals surface area contributed by atoms with Gasteiger partial charge in [-0.15, -0.1) is 0 Å². The van der Waals surface area contributed by atoms with Gasteiger partial charge in [-0.3, -0.25) is 4.79 Å². The minimum Gasteiger partial charge on any atom is -0.494 e. The maximum atomic E-state index is 11.5. The van der Waals surface area contributed by atoms with E-state index in [-0.39, 0.29) is 5.78 Å². The molecule has 23 heavy (non-hydrogen) atoms. The van der Waals surface area contributed by atoms with Crippen molar-refractivity contribution in [2.45, 2.75) is 27.3 Å².